The Labute approximate surface area is 205 Å². The van der Waals surface area contributed by atoms with Gasteiger partial charge in [-0.25, -0.2) is 8.42 Å². The fraction of sp³-hybridized carbons (Fsp3) is 0.360. The summed E-state index contributed by atoms with van der Waals surface area (Å²) < 4.78 is 29.3. The Morgan fingerprint density at radius 1 is 1.14 bits per heavy atom. The molecule has 0 saturated heterocycles. The summed E-state index contributed by atoms with van der Waals surface area (Å²) in [7, 11) is -3.83. The van der Waals surface area contributed by atoms with Crippen molar-refractivity contribution >= 4 is 27.5 Å². The number of aromatic nitrogens is 2. The van der Waals surface area contributed by atoms with E-state index in [9.17, 15) is 8.42 Å². The molecule has 1 aromatic heterocycles. The number of guanidine groups is 1. The smallest absolute Gasteiger partial charge is 0.264 e. The molecule has 0 bridgehead atoms. The number of nitrogens with two attached hydrogens (primary N) is 2. The number of aliphatic imine (C=N–C) groups is 1. The predicted octanol–water partition coefficient (Wildman–Crippen LogP) is 3.14. The monoisotopic (exact) mass is 493 g/mol. The van der Waals surface area contributed by atoms with E-state index in [4.69, 9.17) is 11.5 Å². The standard InChI is InChI=1S/C25H31N7O2S/c1-4-25(2,3)17-9-11-19(12-10-17)35(33,34)31-15-18(13-16-7-5-6-8-21(16)31)32-22(26)20-14-28-30-23(20)29-24(32)27/h5-12,14,18,22H,4,13,15,26H2,1-3H3,(H3,27,28,29,30). The van der Waals surface area contributed by atoms with Crippen molar-refractivity contribution in [2.45, 2.75) is 56.1 Å². The summed E-state index contributed by atoms with van der Waals surface area (Å²) in [5, 5.41) is 6.83. The van der Waals surface area contributed by atoms with Gasteiger partial charge in [-0.1, -0.05) is 51.1 Å². The fourth-order valence-corrected chi connectivity index (χ4v) is 6.37. The van der Waals surface area contributed by atoms with Crippen LogP contribution in [-0.4, -0.2) is 42.1 Å². The van der Waals surface area contributed by atoms with Gasteiger partial charge in [-0.2, -0.15) is 10.1 Å². The molecule has 2 aliphatic heterocycles. The third kappa shape index (κ3) is 3.86. The molecule has 0 fully saturated rings. The van der Waals surface area contributed by atoms with E-state index in [1.165, 1.54) is 4.31 Å². The third-order valence-electron chi connectivity index (χ3n) is 7.35. The van der Waals surface area contributed by atoms with E-state index in [1.54, 1.807) is 23.2 Å². The minimum atomic E-state index is -3.83. The summed E-state index contributed by atoms with van der Waals surface area (Å²) in [6.45, 7) is 6.63. The number of hydrogen-bond acceptors (Lipinski definition) is 7. The van der Waals surface area contributed by atoms with Crippen molar-refractivity contribution in [1.82, 2.24) is 15.1 Å². The molecule has 2 unspecified atom stereocenters. The zero-order valence-electron chi connectivity index (χ0n) is 20.1. The quantitative estimate of drug-likeness (QED) is 0.500. The lowest BCUT2D eigenvalue weighted by Gasteiger charge is -2.44. The molecule has 0 saturated carbocycles. The van der Waals surface area contributed by atoms with Crippen molar-refractivity contribution < 1.29 is 8.42 Å². The number of anilines is 1. The van der Waals surface area contributed by atoms with Crippen LogP contribution in [0.1, 0.15) is 50.0 Å². The Morgan fingerprint density at radius 2 is 1.86 bits per heavy atom. The molecule has 0 spiro atoms. The second kappa shape index (κ2) is 8.39. The topological polar surface area (TPSA) is 134 Å². The number of H-pyrrole nitrogens is 1. The number of benzene rings is 2. The Morgan fingerprint density at radius 3 is 2.57 bits per heavy atom. The average molecular weight is 494 g/mol. The number of sulfonamides is 1. The molecule has 10 heteroatoms. The van der Waals surface area contributed by atoms with E-state index < -0.39 is 16.2 Å². The van der Waals surface area contributed by atoms with Crippen molar-refractivity contribution in [2.75, 3.05) is 10.8 Å². The first-order valence-electron chi connectivity index (χ1n) is 11.8. The van der Waals surface area contributed by atoms with Gasteiger partial charge in [0.15, 0.2) is 11.8 Å². The minimum Gasteiger partial charge on any atom is -0.369 e. The lowest BCUT2D eigenvalue weighted by Crippen LogP contribution is -2.57. The number of nitrogens with one attached hydrogen (secondary N) is 1. The first-order valence-corrected chi connectivity index (χ1v) is 13.2. The molecular formula is C25H31N7O2S. The highest BCUT2D eigenvalue weighted by atomic mass is 32.2. The normalized spacial score (nSPS) is 20.3. The molecular weight excluding hydrogens is 462 g/mol. The van der Waals surface area contributed by atoms with Crippen LogP contribution in [0.5, 0.6) is 0 Å². The molecule has 35 heavy (non-hydrogen) atoms. The molecule has 5 rings (SSSR count). The molecule has 184 valence electrons. The summed E-state index contributed by atoms with van der Waals surface area (Å²) in [4.78, 5) is 6.46. The van der Waals surface area contributed by atoms with Crippen molar-refractivity contribution in [3.8, 4) is 0 Å². The van der Waals surface area contributed by atoms with Gasteiger partial charge in [0.2, 0.25) is 0 Å². The highest BCUT2D eigenvalue weighted by Crippen LogP contribution is 2.37. The number of rotatable bonds is 5. The molecule has 2 aliphatic rings. The molecule has 2 atom stereocenters. The van der Waals surface area contributed by atoms with Crippen LogP contribution in [0.15, 0.2) is 64.6 Å². The van der Waals surface area contributed by atoms with Crippen LogP contribution in [0.3, 0.4) is 0 Å². The first kappa shape index (κ1) is 23.4. The maximum atomic E-state index is 13.9. The maximum absolute atomic E-state index is 13.9. The second-order valence-electron chi connectivity index (χ2n) is 9.78. The van der Waals surface area contributed by atoms with Crippen LogP contribution < -0.4 is 15.8 Å². The third-order valence-corrected chi connectivity index (χ3v) is 9.14. The molecule has 2 aromatic carbocycles. The second-order valence-corrected chi connectivity index (χ2v) is 11.6. The number of aromatic amines is 1. The minimum absolute atomic E-state index is 0.0295. The van der Waals surface area contributed by atoms with E-state index in [-0.39, 0.29) is 28.9 Å². The number of fused-ring (bicyclic) bond motifs is 2. The Balaban J connectivity index is 1.52. The van der Waals surface area contributed by atoms with Crippen LogP contribution in [0.25, 0.3) is 0 Å². The van der Waals surface area contributed by atoms with Crippen LogP contribution in [0.4, 0.5) is 11.5 Å². The van der Waals surface area contributed by atoms with Gasteiger partial charge in [0.25, 0.3) is 10.0 Å². The fourth-order valence-electron chi connectivity index (χ4n) is 4.83. The molecule has 5 N–H and O–H groups in total. The molecule has 0 amide bonds. The van der Waals surface area contributed by atoms with Crippen LogP contribution in [-0.2, 0) is 21.9 Å². The summed E-state index contributed by atoms with van der Waals surface area (Å²) in [6.07, 6.45) is 2.59. The van der Waals surface area contributed by atoms with Crippen LogP contribution >= 0.6 is 0 Å². The van der Waals surface area contributed by atoms with Gasteiger partial charge >= 0.3 is 0 Å². The van der Waals surface area contributed by atoms with Gasteiger partial charge in [-0.3, -0.25) is 9.40 Å². The van der Waals surface area contributed by atoms with Gasteiger partial charge in [0, 0.05) is 0 Å². The number of hydrogen-bond donors (Lipinski definition) is 3. The largest absolute Gasteiger partial charge is 0.369 e. The van der Waals surface area contributed by atoms with Gasteiger partial charge in [0.1, 0.15) is 6.17 Å². The van der Waals surface area contributed by atoms with Gasteiger partial charge in [-0.15, -0.1) is 0 Å². The lowest BCUT2D eigenvalue weighted by atomic mass is 9.82. The Bertz CT molecular complexity index is 1380. The summed E-state index contributed by atoms with van der Waals surface area (Å²) in [5.74, 6) is 0.768. The Hall–Kier alpha value is -3.37. The molecule has 3 aromatic rings. The lowest BCUT2D eigenvalue weighted by molar-refractivity contribution is 0.233. The molecule has 3 heterocycles. The van der Waals surface area contributed by atoms with Crippen molar-refractivity contribution in [2.24, 2.45) is 16.5 Å². The highest BCUT2D eigenvalue weighted by molar-refractivity contribution is 7.92. The van der Waals surface area contributed by atoms with E-state index in [2.05, 4.69) is 36.0 Å². The molecule has 0 aliphatic carbocycles. The highest BCUT2D eigenvalue weighted by Gasteiger charge is 2.40. The van der Waals surface area contributed by atoms with E-state index >= 15 is 0 Å². The molecule has 0 radical (unpaired) electrons. The number of para-hydroxylation sites is 1. The van der Waals surface area contributed by atoms with Gasteiger partial charge < -0.3 is 16.4 Å². The van der Waals surface area contributed by atoms with Crippen LogP contribution in [0.2, 0.25) is 0 Å². The summed E-state index contributed by atoms with van der Waals surface area (Å²) >= 11 is 0. The zero-order valence-corrected chi connectivity index (χ0v) is 21.0. The summed E-state index contributed by atoms with van der Waals surface area (Å²) in [5.41, 5.74) is 16.2. The van der Waals surface area contributed by atoms with Crippen LogP contribution in [0, 0.1) is 0 Å². The summed E-state index contributed by atoms with van der Waals surface area (Å²) in [6, 6.07) is 14.5. The van der Waals surface area contributed by atoms with Gasteiger partial charge in [-0.05, 0) is 47.6 Å². The van der Waals surface area contributed by atoms with Crippen molar-refractivity contribution in [3.05, 3.63) is 71.4 Å². The first-order chi connectivity index (χ1) is 16.6. The Kier molecular flexibility index (Phi) is 5.60. The molecule has 9 nitrogen and oxygen atoms in total. The van der Waals surface area contributed by atoms with Crippen molar-refractivity contribution in [1.29, 1.82) is 0 Å². The predicted molar refractivity (Wildman–Crippen MR) is 137 cm³/mol. The van der Waals surface area contributed by atoms with E-state index in [1.807, 2.05) is 36.4 Å². The zero-order chi connectivity index (χ0) is 25.0. The van der Waals surface area contributed by atoms with E-state index in [0.717, 1.165) is 23.1 Å². The van der Waals surface area contributed by atoms with Crippen molar-refractivity contribution in [3.63, 3.8) is 0 Å². The number of nitrogens with zero attached hydrogens (tertiary/aromatic N) is 4. The van der Waals surface area contributed by atoms with E-state index in [0.29, 0.717) is 17.9 Å². The average Bonchev–Trinajstić information content (AvgIpc) is 3.32. The van der Waals surface area contributed by atoms with Gasteiger partial charge in [0.05, 0.1) is 34.9 Å². The maximum Gasteiger partial charge on any atom is 0.264 e. The SMILES string of the molecule is CCC(C)(C)c1ccc(S(=O)(=O)N2CC(N3C(N)=Nc4[nH]ncc4C3N)Cc3ccccc32)cc1.